The zero-order valence-corrected chi connectivity index (χ0v) is 4.09. The number of hydrogen-bond acceptors (Lipinski definition) is 2. The summed E-state index contributed by atoms with van der Waals surface area (Å²) in [6.45, 7) is 0. The molecule has 0 saturated carbocycles. The average Bonchev–Trinajstić information content (AvgIpc) is 1.36. The third-order valence-corrected chi connectivity index (χ3v) is 0.183. The minimum absolute atomic E-state index is 0. The first-order valence-electron chi connectivity index (χ1n) is 1.11. The normalized spacial score (nSPS) is 5.50. The van der Waals surface area contributed by atoms with Crippen molar-refractivity contribution in [1.82, 2.24) is 0 Å². The summed E-state index contributed by atoms with van der Waals surface area (Å²) in [5.41, 5.74) is 0. The Balaban J connectivity index is -0.000000125. The number of hydrogen-bond donors (Lipinski definition) is 2. The first-order valence-corrected chi connectivity index (χ1v) is 1.11. The van der Waals surface area contributed by atoms with Crippen molar-refractivity contribution >= 4 is 30.8 Å². The third-order valence-electron chi connectivity index (χ3n) is 0.183. The van der Waals surface area contributed by atoms with Crippen LogP contribution >= 0.6 is 0 Å². The minimum atomic E-state index is -1.82. The van der Waals surface area contributed by atoms with Gasteiger partial charge in [0.25, 0.3) is 0 Å². The van der Waals surface area contributed by atoms with Crippen molar-refractivity contribution in [3.63, 3.8) is 0 Å². The van der Waals surface area contributed by atoms with Gasteiger partial charge in [-0.25, -0.2) is 9.59 Å². The standard InChI is InChI=1S/C2H2O4.Co.Li.H/c3-1(4)2(5)6;;;/h(H,3,4)(H,5,6);;;. The fraction of sp³-hybridized carbons (Fsp3) is 0. The van der Waals surface area contributed by atoms with E-state index in [9.17, 15) is 0 Å². The molecule has 1 radical (unpaired) electrons. The summed E-state index contributed by atoms with van der Waals surface area (Å²) in [4.78, 5) is 18.2. The fourth-order valence-corrected chi connectivity index (χ4v) is 0. The Morgan fingerprint density at radius 2 is 1.12 bits per heavy atom. The molecule has 0 aliphatic heterocycles. The molecular formula is C2H3CoLiO4. The Hall–Kier alpha value is 0.0439. The van der Waals surface area contributed by atoms with Crippen LogP contribution in [-0.4, -0.2) is 41.0 Å². The van der Waals surface area contributed by atoms with E-state index in [0.29, 0.717) is 0 Å². The van der Waals surface area contributed by atoms with E-state index in [1.165, 1.54) is 0 Å². The summed E-state index contributed by atoms with van der Waals surface area (Å²) in [7, 11) is 0. The molecule has 0 unspecified atom stereocenters. The Kier molecular flexibility index (Phi) is 13.8. The van der Waals surface area contributed by atoms with E-state index in [1.807, 2.05) is 0 Å². The molecule has 0 atom stereocenters. The van der Waals surface area contributed by atoms with Gasteiger partial charge in [-0.15, -0.1) is 0 Å². The Morgan fingerprint density at radius 3 is 1.12 bits per heavy atom. The van der Waals surface area contributed by atoms with Crippen LogP contribution in [0.2, 0.25) is 0 Å². The van der Waals surface area contributed by atoms with Crippen molar-refractivity contribution in [2.75, 3.05) is 0 Å². The first-order chi connectivity index (χ1) is 2.64. The summed E-state index contributed by atoms with van der Waals surface area (Å²) in [6.07, 6.45) is 0. The van der Waals surface area contributed by atoms with E-state index >= 15 is 0 Å². The van der Waals surface area contributed by atoms with Crippen LogP contribution in [0.15, 0.2) is 0 Å². The van der Waals surface area contributed by atoms with Gasteiger partial charge in [-0.2, -0.15) is 0 Å². The maximum atomic E-state index is 9.10. The third kappa shape index (κ3) is 9.40. The van der Waals surface area contributed by atoms with Crippen molar-refractivity contribution in [3.05, 3.63) is 0 Å². The molecule has 0 heterocycles. The molecule has 0 saturated heterocycles. The van der Waals surface area contributed by atoms with Crippen molar-refractivity contribution in [1.29, 1.82) is 0 Å². The number of carboxylic acid groups (broad SMARTS) is 2. The van der Waals surface area contributed by atoms with Gasteiger partial charge in [0.05, 0.1) is 0 Å². The quantitative estimate of drug-likeness (QED) is 0.331. The number of carbonyl (C=O) groups is 2. The van der Waals surface area contributed by atoms with Gasteiger partial charge in [-0.1, -0.05) is 0 Å². The molecule has 0 rings (SSSR count). The van der Waals surface area contributed by atoms with E-state index in [1.54, 1.807) is 0 Å². The zero-order valence-electron chi connectivity index (χ0n) is 3.04. The molecular weight excluding hydrogens is 154 g/mol. The summed E-state index contributed by atoms with van der Waals surface area (Å²) < 4.78 is 0. The molecule has 0 aromatic carbocycles. The fourth-order valence-electron chi connectivity index (χ4n) is 0. The van der Waals surface area contributed by atoms with Gasteiger partial charge in [-0.05, 0) is 0 Å². The number of aliphatic carboxylic acids is 2. The zero-order chi connectivity index (χ0) is 5.15. The molecule has 4 nitrogen and oxygen atoms in total. The average molecular weight is 157 g/mol. The number of rotatable bonds is 0. The predicted molar refractivity (Wildman–Crippen MR) is 22.4 cm³/mol. The molecule has 0 fully saturated rings. The van der Waals surface area contributed by atoms with Crippen molar-refractivity contribution in [2.24, 2.45) is 0 Å². The van der Waals surface area contributed by atoms with Crippen LogP contribution in [0, 0.1) is 0 Å². The van der Waals surface area contributed by atoms with Gasteiger partial charge < -0.3 is 10.2 Å². The monoisotopic (exact) mass is 157 g/mol. The summed E-state index contributed by atoms with van der Waals surface area (Å²) >= 11 is 0. The molecule has 0 bridgehead atoms. The van der Waals surface area contributed by atoms with Gasteiger partial charge in [0.2, 0.25) is 0 Å². The summed E-state index contributed by atoms with van der Waals surface area (Å²) in [5.74, 6) is -3.65. The van der Waals surface area contributed by atoms with Gasteiger partial charge in [-0.3, -0.25) is 0 Å². The molecule has 2 N–H and O–H groups in total. The van der Waals surface area contributed by atoms with Crippen LogP contribution in [0.1, 0.15) is 0 Å². The Morgan fingerprint density at radius 1 is 1.00 bits per heavy atom. The van der Waals surface area contributed by atoms with E-state index in [-0.39, 0.29) is 35.6 Å². The maximum absolute atomic E-state index is 9.10. The summed E-state index contributed by atoms with van der Waals surface area (Å²) in [5, 5.41) is 14.8. The van der Waals surface area contributed by atoms with Crippen LogP contribution in [0.25, 0.3) is 0 Å². The Bertz CT molecular complexity index is 80.0. The summed E-state index contributed by atoms with van der Waals surface area (Å²) in [6, 6.07) is 0. The van der Waals surface area contributed by atoms with Crippen LogP contribution < -0.4 is 0 Å². The number of carboxylic acids is 2. The second kappa shape index (κ2) is 7.04. The van der Waals surface area contributed by atoms with Gasteiger partial charge >= 0.3 is 30.8 Å². The van der Waals surface area contributed by atoms with Gasteiger partial charge in [0, 0.05) is 16.8 Å². The molecule has 0 spiro atoms. The molecule has 45 valence electrons. The van der Waals surface area contributed by atoms with E-state index in [4.69, 9.17) is 19.8 Å². The molecule has 0 aliphatic rings. The van der Waals surface area contributed by atoms with E-state index in [0.717, 1.165) is 0 Å². The van der Waals surface area contributed by atoms with Crippen molar-refractivity contribution < 1.29 is 36.6 Å². The topological polar surface area (TPSA) is 74.6 Å². The van der Waals surface area contributed by atoms with Crippen molar-refractivity contribution in [3.8, 4) is 0 Å². The Labute approximate surface area is 67.6 Å². The van der Waals surface area contributed by atoms with Crippen LogP contribution in [0.4, 0.5) is 0 Å². The molecule has 6 heteroatoms. The van der Waals surface area contributed by atoms with E-state index < -0.39 is 11.9 Å². The SMILES string of the molecule is O=C(O)C(=O)O.[Co].[LiH]. The predicted octanol–water partition coefficient (Wildman–Crippen LogP) is -1.50. The second-order valence-corrected chi connectivity index (χ2v) is 0.610. The molecule has 0 aromatic rings. The van der Waals surface area contributed by atoms with Crippen LogP contribution in [0.3, 0.4) is 0 Å². The second-order valence-electron chi connectivity index (χ2n) is 0.610. The van der Waals surface area contributed by atoms with Gasteiger partial charge in [0.15, 0.2) is 0 Å². The van der Waals surface area contributed by atoms with Crippen molar-refractivity contribution in [2.45, 2.75) is 0 Å². The molecule has 0 amide bonds. The van der Waals surface area contributed by atoms with E-state index in [2.05, 4.69) is 0 Å². The molecule has 0 aromatic heterocycles. The first kappa shape index (κ1) is 15.7. The van der Waals surface area contributed by atoms with Gasteiger partial charge in [0.1, 0.15) is 0 Å². The van der Waals surface area contributed by atoms with Crippen LogP contribution in [0.5, 0.6) is 0 Å². The molecule has 8 heavy (non-hydrogen) atoms. The van der Waals surface area contributed by atoms with Crippen LogP contribution in [-0.2, 0) is 26.4 Å². The molecule has 0 aliphatic carbocycles.